The normalized spacial score (nSPS) is 11.8. The Kier molecular flexibility index (Phi) is 4.75. The van der Waals surface area contributed by atoms with E-state index in [2.05, 4.69) is 5.32 Å². The summed E-state index contributed by atoms with van der Waals surface area (Å²) in [6.45, 7) is 5.37. The number of nitrogens with one attached hydrogen (secondary N) is 1. The summed E-state index contributed by atoms with van der Waals surface area (Å²) in [4.78, 5) is 24.5. The third-order valence-corrected chi connectivity index (χ3v) is 4.02. The number of esters is 1. The first-order chi connectivity index (χ1) is 9.97. The molecule has 0 unspecified atom stereocenters. The van der Waals surface area contributed by atoms with Crippen LogP contribution in [0.25, 0.3) is 0 Å². The standard InChI is InChI=1S/C16H17NO3S/c1-10-4-6-13(7-5-10)17-15(18)12(3)20-16(19)14-11(2)8-9-21-14/h4-9,12H,1-3H3,(H,17,18)/t12-/m1/s1. The van der Waals surface area contributed by atoms with Crippen molar-refractivity contribution in [2.24, 2.45) is 0 Å². The number of carbonyl (C=O) groups excluding carboxylic acids is 2. The molecule has 0 radical (unpaired) electrons. The number of hydrogen-bond acceptors (Lipinski definition) is 4. The zero-order chi connectivity index (χ0) is 15.4. The Hall–Kier alpha value is -2.14. The number of thiophene rings is 1. The topological polar surface area (TPSA) is 55.4 Å². The van der Waals surface area contributed by atoms with E-state index < -0.39 is 12.1 Å². The average molecular weight is 303 g/mol. The first-order valence-electron chi connectivity index (χ1n) is 6.60. The third kappa shape index (κ3) is 3.92. The van der Waals surface area contributed by atoms with E-state index in [1.807, 2.05) is 49.6 Å². The SMILES string of the molecule is Cc1ccc(NC(=O)[C@@H](C)OC(=O)c2sccc2C)cc1. The van der Waals surface area contributed by atoms with E-state index >= 15 is 0 Å². The minimum Gasteiger partial charge on any atom is -0.448 e. The number of carbonyl (C=O) groups is 2. The van der Waals surface area contributed by atoms with E-state index in [1.54, 1.807) is 6.92 Å². The van der Waals surface area contributed by atoms with Gasteiger partial charge in [0, 0.05) is 5.69 Å². The molecule has 0 aliphatic heterocycles. The number of rotatable bonds is 4. The molecule has 21 heavy (non-hydrogen) atoms. The summed E-state index contributed by atoms with van der Waals surface area (Å²) >= 11 is 1.31. The quantitative estimate of drug-likeness (QED) is 0.879. The van der Waals surface area contributed by atoms with Crippen molar-refractivity contribution >= 4 is 28.9 Å². The zero-order valence-electron chi connectivity index (χ0n) is 12.2. The molecule has 110 valence electrons. The van der Waals surface area contributed by atoms with Gasteiger partial charge < -0.3 is 10.1 Å². The first kappa shape index (κ1) is 15.3. The van der Waals surface area contributed by atoms with Crippen molar-refractivity contribution < 1.29 is 14.3 Å². The maximum atomic E-state index is 12.0. The molecule has 1 amide bonds. The third-order valence-electron chi connectivity index (χ3n) is 3.02. The van der Waals surface area contributed by atoms with Gasteiger partial charge in [-0.05, 0) is 49.9 Å². The summed E-state index contributed by atoms with van der Waals surface area (Å²) in [7, 11) is 0. The highest BCUT2D eigenvalue weighted by Crippen LogP contribution is 2.17. The molecule has 4 nitrogen and oxygen atoms in total. The van der Waals surface area contributed by atoms with E-state index in [4.69, 9.17) is 4.74 Å². The van der Waals surface area contributed by atoms with Crippen LogP contribution in [0.2, 0.25) is 0 Å². The maximum Gasteiger partial charge on any atom is 0.349 e. The molecular weight excluding hydrogens is 286 g/mol. The fourth-order valence-electron chi connectivity index (χ4n) is 1.73. The van der Waals surface area contributed by atoms with E-state index in [0.717, 1.165) is 11.1 Å². The molecule has 0 spiro atoms. The van der Waals surface area contributed by atoms with Gasteiger partial charge in [-0.2, -0.15) is 0 Å². The van der Waals surface area contributed by atoms with E-state index in [9.17, 15) is 9.59 Å². The van der Waals surface area contributed by atoms with Crippen LogP contribution in [0, 0.1) is 13.8 Å². The summed E-state index contributed by atoms with van der Waals surface area (Å²) in [6.07, 6.45) is -0.847. The summed E-state index contributed by atoms with van der Waals surface area (Å²) in [5.41, 5.74) is 2.65. The summed E-state index contributed by atoms with van der Waals surface area (Å²) in [6, 6.07) is 9.28. The number of anilines is 1. The van der Waals surface area contributed by atoms with Crippen LogP contribution in [0.15, 0.2) is 35.7 Å². The Morgan fingerprint density at radius 1 is 1.14 bits per heavy atom. The van der Waals surface area contributed by atoms with Crippen LogP contribution in [0.4, 0.5) is 5.69 Å². The van der Waals surface area contributed by atoms with Crippen LogP contribution in [0.5, 0.6) is 0 Å². The van der Waals surface area contributed by atoms with E-state index in [0.29, 0.717) is 10.6 Å². The van der Waals surface area contributed by atoms with Crippen molar-refractivity contribution in [3.05, 3.63) is 51.7 Å². The molecule has 0 fully saturated rings. The Labute approximate surface area is 127 Å². The summed E-state index contributed by atoms with van der Waals surface area (Å²) < 4.78 is 5.19. The minimum atomic E-state index is -0.847. The lowest BCUT2D eigenvalue weighted by atomic mass is 10.2. The van der Waals surface area contributed by atoms with E-state index in [1.165, 1.54) is 11.3 Å². The number of amides is 1. The lowest BCUT2D eigenvalue weighted by Gasteiger charge is -2.13. The first-order valence-corrected chi connectivity index (χ1v) is 7.48. The van der Waals surface area contributed by atoms with Crippen molar-refractivity contribution in [2.75, 3.05) is 5.32 Å². The van der Waals surface area contributed by atoms with Gasteiger partial charge in [0.15, 0.2) is 6.10 Å². The lowest BCUT2D eigenvalue weighted by molar-refractivity contribution is -0.123. The molecule has 5 heteroatoms. The second-order valence-electron chi connectivity index (χ2n) is 4.84. The molecule has 0 saturated heterocycles. The molecule has 0 aliphatic carbocycles. The molecular formula is C16H17NO3S. The number of hydrogen-bond donors (Lipinski definition) is 1. The van der Waals surface area contributed by atoms with Gasteiger partial charge in [0.1, 0.15) is 4.88 Å². The molecule has 2 aromatic rings. The minimum absolute atomic E-state index is 0.346. The second-order valence-corrected chi connectivity index (χ2v) is 5.75. The van der Waals surface area contributed by atoms with Crippen LogP contribution in [0.3, 0.4) is 0 Å². The number of benzene rings is 1. The molecule has 1 heterocycles. The molecule has 0 aliphatic rings. The van der Waals surface area contributed by atoms with Gasteiger partial charge >= 0.3 is 5.97 Å². The van der Waals surface area contributed by atoms with Gasteiger partial charge in [-0.25, -0.2) is 4.79 Å². The van der Waals surface area contributed by atoms with E-state index in [-0.39, 0.29) is 5.91 Å². The molecule has 1 N–H and O–H groups in total. The Morgan fingerprint density at radius 2 is 1.81 bits per heavy atom. The Balaban J connectivity index is 1.95. The van der Waals surface area contributed by atoms with Crippen molar-refractivity contribution in [1.82, 2.24) is 0 Å². The lowest BCUT2D eigenvalue weighted by Crippen LogP contribution is -2.29. The number of aryl methyl sites for hydroxylation is 2. The van der Waals surface area contributed by atoms with Gasteiger partial charge in [0.05, 0.1) is 0 Å². The highest BCUT2D eigenvalue weighted by molar-refractivity contribution is 7.12. The Morgan fingerprint density at radius 3 is 2.38 bits per heavy atom. The Bertz CT molecular complexity index is 646. The van der Waals surface area contributed by atoms with Gasteiger partial charge in [0.25, 0.3) is 5.91 Å². The van der Waals surface area contributed by atoms with Crippen LogP contribution < -0.4 is 5.32 Å². The van der Waals surface area contributed by atoms with Crippen molar-refractivity contribution in [3.63, 3.8) is 0 Å². The maximum absolute atomic E-state index is 12.0. The van der Waals surface area contributed by atoms with Crippen LogP contribution >= 0.6 is 11.3 Å². The smallest absolute Gasteiger partial charge is 0.349 e. The molecule has 1 aromatic heterocycles. The summed E-state index contributed by atoms with van der Waals surface area (Å²) in [5.74, 6) is -0.810. The second kappa shape index (κ2) is 6.54. The molecule has 2 rings (SSSR count). The molecule has 1 atom stereocenters. The predicted octanol–water partition coefficient (Wildman–Crippen LogP) is 3.55. The van der Waals surface area contributed by atoms with Gasteiger partial charge in [0.2, 0.25) is 0 Å². The van der Waals surface area contributed by atoms with Crippen molar-refractivity contribution in [3.8, 4) is 0 Å². The summed E-state index contributed by atoms with van der Waals surface area (Å²) in [5, 5.41) is 4.54. The van der Waals surface area contributed by atoms with Gasteiger partial charge in [-0.15, -0.1) is 11.3 Å². The zero-order valence-corrected chi connectivity index (χ0v) is 13.0. The fourth-order valence-corrected chi connectivity index (χ4v) is 2.54. The van der Waals surface area contributed by atoms with Crippen LogP contribution in [-0.2, 0) is 9.53 Å². The largest absolute Gasteiger partial charge is 0.448 e. The van der Waals surface area contributed by atoms with Crippen molar-refractivity contribution in [1.29, 1.82) is 0 Å². The predicted molar refractivity (Wildman–Crippen MR) is 83.7 cm³/mol. The van der Waals surface area contributed by atoms with Gasteiger partial charge in [-0.3, -0.25) is 4.79 Å². The van der Waals surface area contributed by atoms with Crippen LogP contribution in [0.1, 0.15) is 27.7 Å². The monoisotopic (exact) mass is 303 g/mol. The number of ether oxygens (including phenoxy) is 1. The highest BCUT2D eigenvalue weighted by Gasteiger charge is 2.20. The van der Waals surface area contributed by atoms with Gasteiger partial charge in [-0.1, -0.05) is 17.7 Å². The molecule has 0 saturated carbocycles. The van der Waals surface area contributed by atoms with Crippen molar-refractivity contribution in [2.45, 2.75) is 26.9 Å². The fraction of sp³-hybridized carbons (Fsp3) is 0.250. The van der Waals surface area contributed by atoms with Crippen LogP contribution in [-0.4, -0.2) is 18.0 Å². The molecule has 0 bridgehead atoms. The highest BCUT2D eigenvalue weighted by atomic mass is 32.1. The molecule has 1 aromatic carbocycles. The average Bonchev–Trinajstić information content (AvgIpc) is 2.87.